The van der Waals surface area contributed by atoms with Gasteiger partial charge >= 0.3 is 6.03 Å². The number of carbonyl (C=O) groups is 1. The zero-order valence-electron chi connectivity index (χ0n) is 20.0. The first kappa shape index (κ1) is 22.5. The quantitative estimate of drug-likeness (QED) is 0.371. The van der Waals surface area contributed by atoms with Gasteiger partial charge in [-0.3, -0.25) is 4.90 Å². The second kappa shape index (κ2) is 8.83. The van der Waals surface area contributed by atoms with Gasteiger partial charge in [-0.05, 0) is 68.1 Å². The van der Waals surface area contributed by atoms with E-state index in [0.717, 1.165) is 22.3 Å². The second-order valence-corrected chi connectivity index (χ2v) is 8.78. The van der Waals surface area contributed by atoms with Crippen LogP contribution in [0.4, 0.5) is 14.9 Å². The van der Waals surface area contributed by atoms with Crippen molar-refractivity contribution in [3.8, 4) is 11.4 Å². The van der Waals surface area contributed by atoms with Gasteiger partial charge in [-0.2, -0.15) is 4.98 Å². The summed E-state index contributed by atoms with van der Waals surface area (Å²) in [6.45, 7) is 7.59. The Balaban J connectivity index is 1.68. The molecule has 1 N–H and O–H groups in total. The molecule has 0 radical (unpaired) electrons. The molecule has 1 aliphatic heterocycles. The van der Waals surface area contributed by atoms with E-state index in [2.05, 4.69) is 21.5 Å². The molecule has 0 spiro atoms. The van der Waals surface area contributed by atoms with Crippen LogP contribution in [0.25, 0.3) is 17.0 Å². The van der Waals surface area contributed by atoms with E-state index in [-0.39, 0.29) is 11.8 Å². The molecule has 3 aromatic carbocycles. The van der Waals surface area contributed by atoms with E-state index < -0.39 is 6.04 Å². The van der Waals surface area contributed by atoms with Crippen molar-refractivity contribution in [3.05, 3.63) is 106 Å². The summed E-state index contributed by atoms with van der Waals surface area (Å²) in [5, 5.41) is 7.29. The largest absolute Gasteiger partial charge is 0.334 e. The van der Waals surface area contributed by atoms with E-state index >= 15 is 0 Å². The number of anilines is 1. The van der Waals surface area contributed by atoms with Crippen molar-refractivity contribution in [1.29, 1.82) is 0 Å². The van der Waals surface area contributed by atoms with Crippen LogP contribution in [0.1, 0.15) is 41.1 Å². The molecule has 2 amide bonds. The molecule has 35 heavy (non-hydrogen) atoms. The van der Waals surface area contributed by atoms with Crippen molar-refractivity contribution in [3.63, 3.8) is 0 Å². The molecule has 7 heteroatoms. The minimum atomic E-state index is -0.497. The van der Waals surface area contributed by atoms with Crippen molar-refractivity contribution < 1.29 is 13.7 Å². The molecule has 0 aliphatic carbocycles. The molecule has 1 aromatic heterocycles. The molecule has 0 fully saturated rings. The number of urea groups is 1. The molecule has 4 aromatic rings. The number of rotatable bonds is 4. The van der Waals surface area contributed by atoms with Gasteiger partial charge in [0.05, 0.1) is 17.3 Å². The minimum Gasteiger partial charge on any atom is -0.334 e. The van der Waals surface area contributed by atoms with Gasteiger partial charge in [0.25, 0.3) is 5.89 Å². The van der Waals surface area contributed by atoms with Crippen LogP contribution >= 0.6 is 0 Å². The maximum Gasteiger partial charge on any atom is 0.326 e. The van der Waals surface area contributed by atoms with E-state index in [4.69, 9.17) is 4.52 Å². The highest BCUT2D eigenvalue weighted by atomic mass is 19.1. The molecular formula is C28H25FN4O2. The Bertz CT molecular complexity index is 1460. The summed E-state index contributed by atoms with van der Waals surface area (Å²) < 4.78 is 19.7. The van der Waals surface area contributed by atoms with Gasteiger partial charge in [0.2, 0.25) is 5.82 Å². The fourth-order valence-corrected chi connectivity index (χ4v) is 4.33. The van der Waals surface area contributed by atoms with Crippen LogP contribution in [0.5, 0.6) is 0 Å². The molecule has 5 rings (SSSR count). The minimum absolute atomic E-state index is 0.313. The van der Waals surface area contributed by atoms with Crippen molar-refractivity contribution in [1.82, 2.24) is 15.5 Å². The van der Waals surface area contributed by atoms with E-state index in [1.807, 2.05) is 63.2 Å². The maximum atomic E-state index is 14.0. The zero-order valence-corrected chi connectivity index (χ0v) is 20.0. The number of halogens is 1. The molecule has 6 nitrogen and oxygen atoms in total. The highest BCUT2D eigenvalue weighted by Crippen LogP contribution is 2.39. The molecule has 1 atom stereocenters. The number of hydrogen-bond acceptors (Lipinski definition) is 4. The van der Waals surface area contributed by atoms with Gasteiger partial charge in [-0.25, -0.2) is 9.18 Å². The average Bonchev–Trinajstić information content (AvgIpc) is 3.33. The average molecular weight is 469 g/mol. The highest BCUT2D eigenvalue weighted by molar-refractivity contribution is 6.01. The molecular weight excluding hydrogens is 443 g/mol. The number of amides is 2. The summed E-state index contributed by atoms with van der Waals surface area (Å²) in [4.78, 5) is 19.6. The zero-order chi connectivity index (χ0) is 24.7. The lowest BCUT2D eigenvalue weighted by Crippen LogP contribution is -2.46. The van der Waals surface area contributed by atoms with Crippen LogP contribution in [-0.2, 0) is 0 Å². The topological polar surface area (TPSA) is 71.3 Å². The Hall–Kier alpha value is -4.26. The monoisotopic (exact) mass is 468 g/mol. The first-order valence-corrected chi connectivity index (χ1v) is 11.4. The van der Waals surface area contributed by atoms with Gasteiger partial charge in [0.15, 0.2) is 0 Å². The number of aromatic nitrogens is 2. The Morgan fingerprint density at radius 2 is 1.69 bits per heavy atom. The van der Waals surface area contributed by atoms with Crippen molar-refractivity contribution in [2.75, 3.05) is 4.90 Å². The maximum absolute atomic E-state index is 14.0. The van der Waals surface area contributed by atoms with Crippen LogP contribution in [0.2, 0.25) is 0 Å². The predicted octanol–water partition coefficient (Wildman–Crippen LogP) is 6.50. The summed E-state index contributed by atoms with van der Waals surface area (Å²) in [6, 6.07) is 19.4. The molecule has 176 valence electrons. The third-order valence-electron chi connectivity index (χ3n) is 6.44. The lowest BCUT2D eigenvalue weighted by atomic mass is 9.92. The number of carbonyl (C=O) groups excluding carboxylic acids is 1. The number of benzene rings is 3. The van der Waals surface area contributed by atoms with Crippen molar-refractivity contribution >= 4 is 17.3 Å². The molecule has 0 saturated heterocycles. The number of nitrogens with one attached hydrogen (secondary N) is 1. The summed E-state index contributed by atoms with van der Waals surface area (Å²) in [5.41, 5.74) is 6.32. The van der Waals surface area contributed by atoms with Crippen LogP contribution in [-0.4, -0.2) is 16.2 Å². The summed E-state index contributed by atoms with van der Waals surface area (Å²) in [6.07, 6.45) is 0. The lowest BCUT2D eigenvalue weighted by Gasteiger charge is -2.35. The number of nitrogens with zero attached hydrogens (tertiary/aromatic N) is 3. The Kier molecular flexibility index (Phi) is 5.68. The van der Waals surface area contributed by atoms with Crippen molar-refractivity contribution in [2.45, 2.75) is 33.7 Å². The second-order valence-electron chi connectivity index (χ2n) is 8.78. The molecule has 0 saturated carbocycles. The molecule has 2 heterocycles. The lowest BCUT2D eigenvalue weighted by molar-refractivity contribution is 0.244. The first-order valence-electron chi connectivity index (χ1n) is 11.4. The third kappa shape index (κ3) is 4.10. The number of aryl methyl sites for hydroxylation is 3. The van der Waals surface area contributed by atoms with E-state index in [1.165, 1.54) is 11.0 Å². The molecule has 1 aliphatic rings. The first-order chi connectivity index (χ1) is 16.8. The van der Waals surface area contributed by atoms with E-state index in [9.17, 15) is 9.18 Å². The summed E-state index contributed by atoms with van der Waals surface area (Å²) in [5.74, 6) is 0.444. The van der Waals surface area contributed by atoms with Gasteiger partial charge in [-0.1, -0.05) is 53.7 Å². The Morgan fingerprint density at radius 3 is 2.40 bits per heavy atom. The summed E-state index contributed by atoms with van der Waals surface area (Å²) in [7, 11) is 0. The van der Waals surface area contributed by atoms with E-state index in [0.29, 0.717) is 34.2 Å². The third-order valence-corrected chi connectivity index (χ3v) is 6.44. The standard InChI is InChI=1S/C28H25FN4O2/c1-16-10-11-21(14-17(16)2)25-24(27-31-26(32-35-27)20-8-6-5-7-9-20)19(4)33(28(34)30-25)22-12-13-23(29)18(3)15-22/h5-15,25H,1-4H3,(H,30,34). The van der Waals surface area contributed by atoms with Gasteiger partial charge < -0.3 is 9.84 Å². The highest BCUT2D eigenvalue weighted by Gasteiger charge is 2.36. The molecule has 1 unspecified atom stereocenters. The molecule has 0 bridgehead atoms. The van der Waals surface area contributed by atoms with Gasteiger partial charge in [0.1, 0.15) is 5.82 Å². The van der Waals surface area contributed by atoms with E-state index in [1.54, 1.807) is 19.1 Å². The smallest absolute Gasteiger partial charge is 0.326 e. The van der Waals surface area contributed by atoms with Crippen molar-refractivity contribution in [2.24, 2.45) is 0 Å². The Morgan fingerprint density at radius 1 is 0.914 bits per heavy atom. The predicted molar refractivity (Wildman–Crippen MR) is 133 cm³/mol. The van der Waals surface area contributed by atoms with Crippen LogP contribution in [0, 0.1) is 26.6 Å². The normalized spacial score (nSPS) is 16.0. The summed E-state index contributed by atoms with van der Waals surface area (Å²) >= 11 is 0. The van der Waals surface area contributed by atoms with Crippen LogP contribution in [0.3, 0.4) is 0 Å². The van der Waals surface area contributed by atoms with Crippen LogP contribution in [0.15, 0.2) is 77.0 Å². The fraction of sp³-hybridized carbons (Fsp3) is 0.179. The fourth-order valence-electron chi connectivity index (χ4n) is 4.33. The SMILES string of the molecule is CC1=C(c2nc(-c3ccccc3)no2)C(c2ccc(C)c(C)c2)NC(=O)N1c1ccc(F)c(C)c1. The Labute approximate surface area is 203 Å². The van der Waals surface area contributed by atoms with Gasteiger partial charge in [0, 0.05) is 11.3 Å². The van der Waals surface area contributed by atoms with Crippen LogP contribution < -0.4 is 10.2 Å². The van der Waals surface area contributed by atoms with Gasteiger partial charge in [-0.15, -0.1) is 0 Å². The number of allylic oxidation sites excluding steroid dienone is 1. The number of hydrogen-bond donors (Lipinski definition) is 1.